The lowest BCUT2D eigenvalue weighted by Gasteiger charge is -2.23. The number of hydrogen-bond donors (Lipinski definition) is 2. The van der Waals surface area contributed by atoms with Gasteiger partial charge in [0.05, 0.1) is 27.6 Å². The van der Waals surface area contributed by atoms with Gasteiger partial charge in [-0.15, -0.1) is 0 Å². The lowest BCUT2D eigenvalue weighted by Crippen LogP contribution is -2.31. The number of nitrogens with zero attached hydrogens (tertiary/aromatic N) is 4. The highest BCUT2D eigenvalue weighted by atomic mass is 16.7. The number of hydrogen-bond acceptors (Lipinski definition) is 8. The fraction of sp³-hybridized carbons (Fsp3) is 0.125. The van der Waals surface area contributed by atoms with Gasteiger partial charge in [-0.05, 0) is 18.2 Å². The van der Waals surface area contributed by atoms with Gasteiger partial charge in [-0.1, -0.05) is 12.1 Å². The van der Waals surface area contributed by atoms with Crippen molar-refractivity contribution in [2.45, 2.75) is 6.17 Å². The fourth-order valence-electron chi connectivity index (χ4n) is 3.24. The van der Waals surface area contributed by atoms with E-state index in [9.17, 15) is 10.1 Å². The Hall–Kier alpha value is -3.82. The Bertz CT molecular complexity index is 1110. The van der Waals surface area contributed by atoms with E-state index in [2.05, 4.69) is 15.3 Å². The molecule has 0 bridgehead atoms. The van der Waals surface area contributed by atoms with E-state index in [0.717, 1.165) is 11.0 Å². The second-order valence-corrected chi connectivity index (χ2v) is 5.83. The Morgan fingerprint density at radius 1 is 1.27 bits per heavy atom. The quantitative estimate of drug-likeness (QED) is 0.532. The second kappa shape index (κ2) is 5.09. The maximum atomic E-state index is 11.6. The van der Waals surface area contributed by atoms with Crippen LogP contribution in [0.3, 0.4) is 0 Å². The Kier molecular flexibility index (Phi) is 2.84. The molecule has 0 saturated carbocycles. The van der Waals surface area contributed by atoms with Gasteiger partial charge in [-0.2, -0.15) is 0 Å². The highest BCUT2D eigenvalue weighted by Gasteiger charge is 2.33. The molecule has 10 nitrogen and oxygen atoms in total. The molecule has 130 valence electrons. The zero-order chi connectivity index (χ0) is 17.8. The summed E-state index contributed by atoms with van der Waals surface area (Å²) in [4.78, 5) is 20.1. The molecule has 3 aromatic rings. The molecule has 5 rings (SSSR count). The molecule has 0 amide bonds. The summed E-state index contributed by atoms with van der Waals surface area (Å²) in [6, 6.07) is 10.4. The molecule has 0 unspecified atom stereocenters. The summed E-state index contributed by atoms with van der Waals surface area (Å²) in [5.74, 6) is 1.37. The third-order valence-electron chi connectivity index (χ3n) is 4.34. The first-order chi connectivity index (χ1) is 12.6. The number of nitro groups is 1. The molecule has 1 atom stereocenters. The number of para-hydroxylation sites is 2. The molecule has 3 N–H and O–H groups in total. The van der Waals surface area contributed by atoms with Gasteiger partial charge in [-0.3, -0.25) is 20.0 Å². The maximum absolute atomic E-state index is 11.6. The maximum Gasteiger partial charge on any atom is 0.280 e. The van der Waals surface area contributed by atoms with Gasteiger partial charge in [0.1, 0.15) is 0 Å². The zero-order valence-corrected chi connectivity index (χ0v) is 13.2. The number of anilines is 1. The van der Waals surface area contributed by atoms with Crippen LogP contribution in [0.5, 0.6) is 11.5 Å². The summed E-state index contributed by atoms with van der Waals surface area (Å²) < 4.78 is 12.4. The molecule has 2 aliphatic rings. The van der Waals surface area contributed by atoms with Crippen LogP contribution in [-0.2, 0) is 0 Å². The number of fused-ring (bicyclic) bond motifs is 4. The lowest BCUT2D eigenvalue weighted by molar-refractivity contribution is -0.385. The highest BCUT2D eigenvalue weighted by molar-refractivity contribution is 5.94. The van der Waals surface area contributed by atoms with E-state index in [0.29, 0.717) is 23.0 Å². The number of nitro benzene ring substituents is 1. The van der Waals surface area contributed by atoms with Gasteiger partial charge in [-0.25, -0.2) is 9.98 Å². The standard InChI is InChI=1S/C16H12N6O4/c17-15-19-14(21-10-4-2-1-3-9(10)18-16(21)20-15)8-5-12-13(26-7-25-12)6-11(8)22(23)24/h1-6,14H,7H2,(H3,17,18,19,20)/t14-/m1/s1. The number of imidazole rings is 1. The molecule has 26 heavy (non-hydrogen) atoms. The zero-order valence-electron chi connectivity index (χ0n) is 13.2. The Labute approximate surface area is 146 Å². The molecule has 0 fully saturated rings. The Morgan fingerprint density at radius 3 is 2.85 bits per heavy atom. The predicted octanol–water partition coefficient (Wildman–Crippen LogP) is 1.96. The molecule has 10 heteroatoms. The third-order valence-corrected chi connectivity index (χ3v) is 4.34. The van der Waals surface area contributed by atoms with Crippen LogP contribution >= 0.6 is 0 Å². The van der Waals surface area contributed by atoms with Crippen molar-refractivity contribution >= 4 is 28.6 Å². The van der Waals surface area contributed by atoms with Crippen LogP contribution in [0.15, 0.2) is 41.4 Å². The van der Waals surface area contributed by atoms with Crippen LogP contribution in [0.2, 0.25) is 0 Å². The summed E-state index contributed by atoms with van der Waals surface area (Å²) in [5, 5.41) is 14.6. The van der Waals surface area contributed by atoms with Crippen molar-refractivity contribution in [2.75, 3.05) is 12.1 Å². The van der Waals surface area contributed by atoms with Crippen LogP contribution in [-0.4, -0.2) is 27.2 Å². The number of benzene rings is 2. The minimum atomic E-state index is -0.756. The van der Waals surface area contributed by atoms with Crippen LogP contribution in [0.4, 0.5) is 11.6 Å². The van der Waals surface area contributed by atoms with Crippen LogP contribution in [0.1, 0.15) is 11.7 Å². The van der Waals surface area contributed by atoms with E-state index in [1.54, 1.807) is 10.6 Å². The van der Waals surface area contributed by atoms with E-state index < -0.39 is 11.1 Å². The number of aliphatic imine (C=N–C) groups is 1. The molecule has 0 radical (unpaired) electrons. The fourth-order valence-corrected chi connectivity index (χ4v) is 3.24. The number of nitrogens with one attached hydrogen (secondary N) is 1. The smallest absolute Gasteiger partial charge is 0.280 e. The van der Waals surface area contributed by atoms with E-state index >= 15 is 0 Å². The molecule has 2 aromatic carbocycles. The predicted molar refractivity (Wildman–Crippen MR) is 92.3 cm³/mol. The monoisotopic (exact) mass is 352 g/mol. The molecule has 1 aromatic heterocycles. The summed E-state index contributed by atoms with van der Waals surface area (Å²) in [7, 11) is 0. The second-order valence-electron chi connectivity index (χ2n) is 5.83. The van der Waals surface area contributed by atoms with E-state index in [4.69, 9.17) is 15.2 Å². The van der Waals surface area contributed by atoms with Crippen molar-refractivity contribution in [1.82, 2.24) is 9.55 Å². The van der Waals surface area contributed by atoms with E-state index in [1.807, 2.05) is 24.3 Å². The van der Waals surface area contributed by atoms with Gasteiger partial charge in [0, 0.05) is 0 Å². The van der Waals surface area contributed by atoms with Crippen LogP contribution < -0.4 is 20.5 Å². The van der Waals surface area contributed by atoms with Gasteiger partial charge < -0.3 is 15.2 Å². The van der Waals surface area contributed by atoms with Gasteiger partial charge in [0.2, 0.25) is 12.7 Å². The van der Waals surface area contributed by atoms with Crippen LogP contribution in [0.25, 0.3) is 11.0 Å². The number of ether oxygens (including phenoxy) is 2. The molecule has 0 aliphatic carbocycles. The Balaban J connectivity index is 1.79. The van der Waals surface area contributed by atoms with Crippen molar-refractivity contribution in [1.29, 1.82) is 0 Å². The van der Waals surface area contributed by atoms with Crippen molar-refractivity contribution in [3.8, 4) is 11.5 Å². The summed E-state index contributed by atoms with van der Waals surface area (Å²) >= 11 is 0. The minimum Gasteiger partial charge on any atom is -0.454 e. The average molecular weight is 352 g/mol. The highest BCUT2D eigenvalue weighted by Crippen LogP contribution is 2.43. The van der Waals surface area contributed by atoms with Crippen molar-refractivity contribution < 1.29 is 14.4 Å². The summed E-state index contributed by atoms with van der Waals surface area (Å²) in [6.07, 6.45) is -0.756. The number of guanidine groups is 1. The van der Waals surface area contributed by atoms with Crippen molar-refractivity contribution in [2.24, 2.45) is 10.7 Å². The molecular formula is C16H12N6O4. The van der Waals surface area contributed by atoms with E-state index in [1.165, 1.54) is 6.07 Å². The largest absolute Gasteiger partial charge is 0.454 e. The molecule has 0 saturated heterocycles. The van der Waals surface area contributed by atoms with Gasteiger partial charge in [0.15, 0.2) is 23.6 Å². The first kappa shape index (κ1) is 14.5. The van der Waals surface area contributed by atoms with E-state index in [-0.39, 0.29) is 18.4 Å². The SMILES string of the molecule is NC1=N[C@@H](c2cc3c(cc2[N+](=O)[O-])OCO3)n2c(nc3ccccc32)N1. The molecular weight excluding hydrogens is 340 g/mol. The molecule has 3 heterocycles. The normalized spacial score (nSPS) is 17.5. The van der Waals surface area contributed by atoms with Crippen molar-refractivity contribution in [3.63, 3.8) is 0 Å². The average Bonchev–Trinajstić information content (AvgIpc) is 3.23. The number of nitrogens with two attached hydrogens (primary N) is 1. The summed E-state index contributed by atoms with van der Waals surface area (Å²) in [5.41, 5.74) is 7.63. The number of rotatable bonds is 2. The number of aromatic nitrogens is 2. The minimum absolute atomic E-state index is 0.0207. The summed E-state index contributed by atoms with van der Waals surface area (Å²) in [6.45, 7) is 0.0207. The third kappa shape index (κ3) is 1.98. The van der Waals surface area contributed by atoms with Gasteiger partial charge in [0.25, 0.3) is 5.69 Å². The van der Waals surface area contributed by atoms with Gasteiger partial charge >= 0.3 is 0 Å². The first-order valence-corrected chi connectivity index (χ1v) is 7.77. The Morgan fingerprint density at radius 2 is 2.04 bits per heavy atom. The lowest BCUT2D eigenvalue weighted by atomic mass is 10.1. The topological polar surface area (TPSA) is 130 Å². The van der Waals surface area contributed by atoms with Crippen molar-refractivity contribution in [3.05, 3.63) is 52.1 Å². The molecule has 2 aliphatic heterocycles. The molecule has 0 spiro atoms. The first-order valence-electron chi connectivity index (χ1n) is 7.77. The van der Waals surface area contributed by atoms with Crippen LogP contribution in [0, 0.1) is 10.1 Å².